The molecule has 0 bridgehead atoms. The number of rotatable bonds is 2. The number of aliphatic hydroxyl groups excluding tert-OH is 1. The van der Waals surface area contributed by atoms with Crippen molar-refractivity contribution in [3.8, 4) is 11.1 Å². The quantitative estimate of drug-likeness (QED) is 0.762. The molecule has 0 aliphatic carbocycles. The third kappa shape index (κ3) is 1.60. The zero-order valence-corrected chi connectivity index (χ0v) is 7.46. The van der Waals surface area contributed by atoms with E-state index in [0.29, 0.717) is 0 Å². The highest BCUT2D eigenvalue weighted by molar-refractivity contribution is 5.64. The molecule has 1 N–H and O–H groups in total. The first kappa shape index (κ1) is 8.77. The van der Waals surface area contributed by atoms with Gasteiger partial charge in [0.05, 0.1) is 6.61 Å². The minimum absolute atomic E-state index is 0.00719. The molecule has 2 rings (SSSR count). The van der Waals surface area contributed by atoms with Gasteiger partial charge in [0.1, 0.15) is 6.33 Å². The van der Waals surface area contributed by atoms with E-state index in [1.54, 1.807) is 30.9 Å². The number of aromatic nitrogens is 3. The highest BCUT2D eigenvalue weighted by Gasteiger charge is 2.03. The molecule has 0 radical (unpaired) electrons. The van der Waals surface area contributed by atoms with Gasteiger partial charge in [0.2, 0.25) is 0 Å². The molecule has 0 amide bonds. The van der Waals surface area contributed by atoms with E-state index < -0.39 is 0 Å². The molecule has 2 heterocycles. The maximum absolute atomic E-state index is 9.11. The van der Waals surface area contributed by atoms with Crippen LogP contribution in [0.1, 0.15) is 5.56 Å². The first-order valence-electron chi connectivity index (χ1n) is 4.21. The summed E-state index contributed by atoms with van der Waals surface area (Å²) in [6.07, 6.45) is 8.22. The van der Waals surface area contributed by atoms with E-state index in [9.17, 15) is 0 Å². The van der Waals surface area contributed by atoms with Crippen molar-refractivity contribution in [1.29, 1.82) is 0 Å². The molecule has 0 unspecified atom stereocenters. The van der Waals surface area contributed by atoms with Gasteiger partial charge in [-0.2, -0.15) is 0 Å². The molecule has 2 aromatic heterocycles. The zero-order valence-electron chi connectivity index (χ0n) is 7.46. The van der Waals surface area contributed by atoms with Gasteiger partial charge in [-0.1, -0.05) is 0 Å². The highest BCUT2D eigenvalue weighted by atomic mass is 16.3. The van der Waals surface area contributed by atoms with Crippen molar-refractivity contribution in [2.24, 2.45) is 0 Å². The summed E-state index contributed by atoms with van der Waals surface area (Å²) in [6.45, 7) is -0.00719. The standard InChI is InChI=1S/C10H9N3O/c14-6-8-1-2-11-5-10(8)9-3-12-7-13-4-9/h1-5,7,14H,6H2. The van der Waals surface area contributed by atoms with E-state index in [1.807, 2.05) is 0 Å². The van der Waals surface area contributed by atoms with E-state index in [1.165, 1.54) is 6.33 Å². The second kappa shape index (κ2) is 3.93. The van der Waals surface area contributed by atoms with Crippen LogP contribution < -0.4 is 0 Å². The van der Waals surface area contributed by atoms with Crippen molar-refractivity contribution in [3.05, 3.63) is 42.7 Å². The molecular formula is C10H9N3O. The Hall–Kier alpha value is -1.81. The Kier molecular flexibility index (Phi) is 2.46. The van der Waals surface area contributed by atoms with Gasteiger partial charge in [-0.15, -0.1) is 0 Å². The highest BCUT2D eigenvalue weighted by Crippen LogP contribution is 2.20. The van der Waals surface area contributed by atoms with Crippen molar-refractivity contribution in [1.82, 2.24) is 15.0 Å². The van der Waals surface area contributed by atoms with Crippen LogP contribution in [0.5, 0.6) is 0 Å². The molecule has 0 saturated heterocycles. The Morgan fingerprint density at radius 2 is 1.86 bits per heavy atom. The van der Waals surface area contributed by atoms with Gasteiger partial charge in [-0.3, -0.25) is 4.98 Å². The summed E-state index contributed by atoms with van der Waals surface area (Å²) in [7, 11) is 0. The van der Waals surface area contributed by atoms with Crippen molar-refractivity contribution >= 4 is 0 Å². The predicted molar refractivity (Wildman–Crippen MR) is 51.2 cm³/mol. The first-order chi connectivity index (χ1) is 6.92. The number of pyridine rings is 1. The Bertz CT molecular complexity index is 417. The van der Waals surface area contributed by atoms with E-state index >= 15 is 0 Å². The second-order valence-electron chi connectivity index (χ2n) is 2.82. The molecule has 4 heteroatoms. The normalized spacial score (nSPS) is 10.1. The average molecular weight is 187 g/mol. The van der Waals surface area contributed by atoms with Gasteiger partial charge >= 0.3 is 0 Å². The van der Waals surface area contributed by atoms with Crippen LogP contribution in [0.4, 0.5) is 0 Å². The van der Waals surface area contributed by atoms with Gasteiger partial charge in [0.15, 0.2) is 0 Å². The molecule has 0 aromatic carbocycles. The van der Waals surface area contributed by atoms with Crippen LogP contribution in [0.25, 0.3) is 11.1 Å². The SMILES string of the molecule is OCc1ccncc1-c1cncnc1. The molecule has 2 aromatic rings. The minimum Gasteiger partial charge on any atom is -0.392 e. The van der Waals surface area contributed by atoms with Crippen LogP contribution in [0.15, 0.2) is 37.2 Å². The van der Waals surface area contributed by atoms with Crippen LogP contribution >= 0.6 is 0 Å². The molecule has 4 nitrogen and oxygen atoms in total. The van der Waals surface area contributed by atoms with E-state index in [4.69, 9.17) is 5.11 Å². The Balaban J connectivity index is 2.51. The van der Waals surface area contributed by atoms with Crippen LogP contribution in [0.3, 0.4) is 0 Å². The maximum Gasteiger partial charge on any atom is 0.115 e. The molecule has 0 spiro atoms. The molecule has 0 saturated carbocycles. The Labute approximate surface area is 81.3 Å². The van der Waals surface area contributed by atoms with Gasteiger partial charge in [-0.25, -0.2) is 9.97 Å². The van der Waals surface area contributed by atoms with E-state index in [0.717, 1.165) is 16.7 Å². The fraction of sp³-hybridized carbons (Fsp3) is 0.100. The topological polar surface area (TPSA) is 58.9 Å². The number of hydrogen-bond donors (Lipinski definition) is 1. The fourth-order valence-corrected chi connectivity index (χ4v) is 1.26. The number of hydrogen-bond acceptors (Lipinski definition) is 4. The summed E-state index contributed by atoms with van der Waals surface area (Å²) < 4.78 is 0. The summed E-state index contributed by atoms with van der Waals surface area (Å²) in [6, 6.07) is 1.78. The Morgan fingerprint density at radius 1 is 1.07 bits per heavy atom. The van der Waals surface area contributed by atoms with Crippen molar-refractivity contribution in [2.45, 2.75) is 6.61 Å². The third-order valence-electron chi connectivity index (χ3n) is 1.95. The lowest BCUT2D eigenvalue weighted by atomic mass is 10.1. The van der Waals surface area contributed by atoms with Crippen LogP contribution in [-0.4, -0.2) is 20.1 Å². The molecular weight excluding hydrogens is 178 g/mol. The van der Waals surface area contributed by atoms with Crippen LogP contribution in [0.2, 0.25) is 0 Å². The second-order valence-corrected chi connectivity index (χ2v) is 2.82. The average Bonchev–Trinajstić information content (AvgIpc) is 2.30. The summed E-state index contributed by atoms with van der Waals surface area (Å²) >= 11 is 0. The predicted octanol–water partition coefficient (Wildman–Crippen LogP) is 1.03. The zero-order chi connectivity index (χ0) is 9.80. The summed E-state index contributed by atoms with van der Waals surface area (Å²) in [5.41, 5.74) is 2.56. The van der Waals surface area contributed by atoms with Crippen molar-refractivity contribution in [2.75, 3.05) is 0 Å². The minimum atomic E-state index is -0.00719. The van der Waals surface area contributed by atoms with Gasteiger partial charge in [0, 0.05) is 35.9 Å². The largest absolute Gasteiger partial charge is 0.392 e. The summed E-state index contributed by atoms with van der Waals surface area (Å²) in [5, 5.41) is 9.11. The molecule has 70 valence electrons. The third-order valence-corrected chi connectivity index (χ3v) is 1.95. The lowest BCUT2D eigenvalue weighted by Crippen LogP contribution is -1.91. The van der Waals surface area contributed by atoms with E-state index in [2.05, 4.69) is 15.0 Å². The van der Waals surface area contributed by atoms with Gasteiger partial charge < -0.3 is 5.11 Å². The van der Waals surface area contributed by atoms with Crippen molar-refractivity contribution in [3.63, 3.8) is 0 Å². The molecule has 0 aliphatic heterocycles. The Morgan fingerprint density at radius 3 is 2.57 bits per heavy atom. The van der Waals surface area contributed by atoms with Gasteiger partial charge in [-0.05, 0) is 11.6 Å². The number of aliphatic hydroxyl groups is 1. The fourth-order valence-electron chi connectivity index (χ4n) is 1.26. The molecule has 14 heavy (non-hydrogen) atoms. The first-order valence-corrected chi connectivity index (χ1v) is 4.21. The van der Waals surface area contributed by atoms with E-state index in [-0.39, 0.29) is 6.61 Å². The monoisotopic (exact) mass is 187 g/mol. The lowest BCUT2D eigenvalue weighted by molar-refractivity contribution is 0.282. The lowest BCUT2D eigenvalue weighted by Gasteiger charge is -2.04. The molecule has 0 aliphatic rings. The molecule has 0 atom stereocenters. The molecule has 0 fully saturated rings. The van der Waals surface area contributed by atoms with Crippen molar-refractivity contribution < 1.29 is 5.11 Å². The summed E-state index contributed by atoms with van der Waals surface area (Å²) in [5.74, 6) is 0. The maximum atomic E-state index is 9.11. The van der Waals surface area contributed by atoms with Crippen LogP contribution in [0, 0.1) is 0 Å². The smallest absolute Gasteiger partial charge is 0.115 e. The van der Waals surface area contributed by atoms with Crippen LogP contribution in [-0.2, 0) is 6.61 Å². The summed E-state index contributed by atoms with van der Waals surface area (Å²) in [4.78, 5) is 11.8. The van der Waals surface area contributed by atoms with Gasteiger partial charge in [0.25, 0.3) is 0 Å². The number of nitrogens with zero attached hydrogens (tertiary/aromatic N) is 3.